The number of fused-ring (bicyclic) bond motifs is 1. The molecule has 16 atom stereocenters. The lowest BCUT2D eigenvalue weighted by atomic mass is 9.93. The third kappa shape index (κ3) is 19.6. The smallest absolute Gasteiger partial charge is 0.217 e. The number of hydrogen-bond acceptors (Lipinski definition) is 16. The monoisotopic (exact) mass is 1290 g/mol. The zero-order valence-electron chi connectivity index (χ0n) is 53.8. The fourth-order valence-corrected chi connectivity index (χ4v) is 12.5. The van der Waals surface area contributed by atoms with Crippen molar-refractivity contribution in [3.8, 4) is 0 Å². The minimum Gasteiger partial charge on any atom is -0.394 e. The Morgan fingerprint density at radius 3 is 1.38 bits per heavy atom. The van der Waals surface area contributed by atoms with Crippen molar-refractivity contribution in [2.75, 3.05) is 26.4 Å². The van der Waals surface area contributed by atoms with Crippen LogP contribution in [0, 0.1) is 0 Å². The Labute approximate surface area is 553 Å². The molecule has 11 rings (SSSR count). The number of amides is 1. The van der Waals surface area contributed by atoms with Gasteiger partial charge in [0.2, 0.25) is 5.91 Å². The van der Waals surface area contributed by atoms with Crippen molar-refractivity contribution in [3.63, 3.8) is 0 Å². The number of carbonyl (C=O) groups excluding carboxylic acids is 1. The van der Waals surface area contributed by atoms with E-state index in [0.29, 0.717) is 6.61 Å². The van der Waals surface area contributed by atoms with Gasteiger partial charge in [-0.15, -0.1) is 0 Å². The molecular formula is C77H91NO16. The lowest BCUT2D eigenvalue weighted by Crippen LogP contribution is -2.70. The van der Waals surface area contributed by atoms with Gasteiger partial charge in [-0.3, -0.25) is 4.79 Å². The van der Waals surface area contributed by atoms with Crippen molar-refractivity contribution in [2.24, 2.45) is 0 Å². The van der Waals surface area contributed by atoms with Crippen LogP contribution in [0.4, 0.5) is 0 Å². The Morgan fingerprint density at radius 1 is 0.436 bits per heavy atom. The molecule has 7 aromatic rings. The summed E-state index contributed by atoms with van der Waals surface area (Å²) in [6, 6.07) is 67.8. The number of carbonyl (C=O) groups is 1. The summed E-state index contributed by atoms with van der Waals surface area (Å²) in [6.07, 6.45) is -8.65. The van der Waals surface area contributed by atoms with Crippen LogP contribution in [-0.2, 0) is 111 Å². The molecule has 4 aliphatic rings. The fourth-order valence-electron chi connectivity index (χ4n) is 12.5. The maximum atomic E-state index is 13.8. The predicted octanol–water partition coefficient (Wildman–Crippen LogP) is 12.1. The molecule has 0 aromatic heterocycles. The topological polar surface area (TPSA) is 179 Å². The molecule has 500 valence electrons. The molecule has 0 aliphatic carbocycles. The number of nitrogens with one attached hydrogen (secondary N) is 1. The molecule has 0 spiro atoms. The first-order chi connectivity index (χ1) is 46.4. The van der Waals surface area contributed by atoms with E-state index in [1.165, 1.54) is 13.3 Å². The molecule has 0 bridgehead atoms. The second-order valence-electron chi connectivity index (χ2n) is 24.4. The van der Waals surface area contributed by atoms with Crippen LogP contribution in [0.2, 0.25) is 0 Å². The van der Waals surface area contributed by atoms with Gasteiger partial charge in [-0.05, 0) is 39.8 Å². The van der Waals surface area contributed by atoms with Crippen LogP contribution < -0.4 is 5.32 Å². The molecule has 2 N–H and O–H groups in total. The standard InChI is InChI=1S/C77H91NO16/c1-3-4-5-6-7-29-44-82-76-72(86-50-59-38-23-12-24-39-59)70(85-49-58-36-21-11-22-37-58)67(63(90-76)52-81-46-55-30-15-8-16-31-55)93-77-73(87-51-60-40-25-13-26-41-60)71(68-64(91-77)53-88-74(92-68)61-42-27-14-28-43-61)94-75-65(78-54(2)80)69(84-48-57-34-19-10-20-35-57)66(62(45-79)89-75)83-47-56-32-17-9-18-33-56/h8-28,30-43,62-77,79H,3-7,29,44-53H2,1-2H3,(H,78,80)/t62-,63-,64-,65-,66-,67-,68-,69-,70+,71+,72-,73+,74-,75+,76-,77+/m1/s1. The van der Waals surface area contributed by atoms with Crippen molar-refractivity contribution in [1.82, 2.24) is 5.32 Å². The Kier molecular flexibility index (Phi) is 26.7. The van der Waals surface area contributed by atoms with Crippen LogP contribution in [0.15, 0.2) is 212 Å². The quantitative estimate of drug-likeness (QED) is 0.0364. The van der Waals surface area contributed by atoms with Crippen LogP contribution in [0.25, 0.3) is 0 Å². The van der Waals surface area contributed by atoms with Gasteiger partial charge in [-0.1, -0.05) is 251 Å². The van der Waals surface area contributed by atoms with E-state index in [1.807, 2.05) is 212 Å². The molecule has 94 heavy (non-hydrogen) atoms. The predicted molar refractivity (Wildman–Crippen MR) is 351 cm³/mol. The molecule has 4 saturated heterocycles. The molecule has 1 amide bonds. The van der Waals surface area contributed by atoms with Crippen LogP contribution in [-0.4, -0.2) is 129 Å². The molecule has 4 aliphatic heterocycles. The van der Waals surface area contributed by atoms with Crippen LogP contribution in [0.5, 0.6) is 0 Å². The van der Waals surface area contributed by atoms with Gasteiger partial charge in [0.1, 0.15) is 73.2 Å². The SMILES string of the molecule is CCCCCCCCO[C@@H]1O[C@H](COCc2ccccc2)[C@@H](O[C@@H]2O[C@@H]3CO[C@@H](c4ccccc4)O[C@H]3[C@H](O[C@@H]3O[C@H](CO)[C@@H](OCc4ccccc4)[C@H](OCc4ccccc4)[C@H]3NC(C)=O)[C@@H]2OCc2ccccc2)[C@H](OCc2ccccc2)[C@H]1OCc1ccccc1. The van der Waals surface area contributed by atoms with E-state index in [2.05, 4.69) is 12.2 Å². The largest absolute Gasteiger partial charge is 0.394 e. The van der Waals surface area contributed by atoms with Crippen molar-refractivity contribution in [1.29, 1.82) is 0 Å². The molecule has 0 radical (unpaired) electrons. The summed E-state index contributed by atoms with van der Waals surface area (Å²) in [4.78, 5) is 13.8. The van der Waals surface area contributed by atoms with Gasteiger partial charge in [-0.25, -0.2) is 0 Å². The first kappa shape index (κ1) is 68.8. The Morgan fingerprint density at radius 2 is 0.872 bits per heavy atom. The summed E-state index contributed by atoms with van der Waals surface area (Å²) in [5.41, 5.74) is 6.24. The zero-order chi connectivity index (χ0) is 64.5. The summed E-state index contributed by atoms with van der Waals surface area (Å²) in [7, 11) is 0. The van der Waals surface area contributed by atoms with Gasteiger partial charge in [0.15, 0.2) is 25.2 Å². The lowest BCUT2D eigenvalue weighted by Gasteiger charge is -2.53. The van der Waals surface area contributed by atoms with E-state index in [1.54, 1.807) is 0 Å². The van der Waals surface area contributed by atoms with E-state index in [-0.39, 0.29) is 58.8 Å². The highest BCUT2D eigenvalue weighted by molar-refractivity contribution is 5.73. The van der Waals surface area contributed by atoms with Crippen molar-refractivity contribution < 1.29 is 76.2 Å². The molecule has 4 heterocycles. The van der Waals surface area contributed by atoms with Crippen LogP contribution >= 0.6 is 0 Å². The summed E-state index contributed by atoms with van der Waals surface area (Å²) >= 11 is 0. The first-order valence-corrected chi connectivity index (χ1v) is 33.4. The van der Waals surface area contributed by atoms with Gasteiger partial charge < -0.3 is 76.7 Å². The number of hydrogen-bond donors (Lipinski definition) is 2. The van der Waals surface area contributed by atoms with Crippen LogP contribution in [0.3, 0.4) is 0 Å². The molecule has 17 nitrogen and oxygen atoms in total. The molecule has 17 heteroatoms. The molecule has 7 aromatic carbocycles. The Balaban J connectivity index is 0.998. The highest BCUT2D eigenvalue weighted by Gasteiger charge is 2.58. The summed E-state index contributed by atoms with van der Waals surface area (Å²) in [5.74, 6) is -0.383. The van der Waals surface area contributed by atoms with E-state index < -0.39 is 105 Å². The molecular weight excluding hydrogens is 1190 g/mol. The molecule has 0 saturated carbocycles. The summed E-state index contributed by atoms with van der Waals surface area (Å²) in [6.45, 7) is 4.67. The maximum Gasteiger partial charge on any atom is 0.217 e. The Bertz CT molecular complexity index is 3220. The average Bonchev–Trinajstić information content (AvgIpc) is 0.767. The van der Waals surface area contributed by atoms with E-state index >= 15 is 0 Å². The average molecular weight is 1290 g/mol. The summed E-state index contributed by atoms with van der Waals surface area (Å²) < 4.78 is 99.1. The second-order valence-corrected chi connectivity index (χ2v) is 24.4. The maximum absolute atomic E-state index is 13.8. The van der Waals surface area contributed by atoms with E-state index in [9.17, 15) is 9.90 Å². The van der Waals surface area contributed by atoms with Crippen LogP contribution in [0.1, 0.15) is 97.6 Å². The third-order valence-corrected chi connectivity index (χ3v) is 17.3. The van der Waals surface area contributed by atoms with Gasteiger partial charge in [0.25, 0.3) is 0 Å². The molecule has 0 unspecified atom stereocenters. The fraction of sp³-hybridized carbons (Fsp3) is 0.442. The van der Waals surface area contributed by atoms with Crippen molar-refractivity contribution in [3.05, 3.63) is 251 Å². The normalized spacial score (nSPS) is 27.7. The highest BCUT2D eigenvalue weighted by Crippen LogP contribution is 2.42. The summed E-state index contributed by atoms with van der Waals surface area (Å²) in [5, 5.41) is 14.6. The lowest BCUT2D eigenvalue weighted by molar-refractivity contribution is -0.409. The minimum absolute atomic E-state index is 0.0311. The third-order valence-electron chi connectivity index (χ3n) is 17.3. The molecule has 4 fully saturated rings. The van der Waals surface area contributed by atoms with E-state index in [4.69, 9.17) is 66.3 Å². The van der Waals surface area contributed by atoms with Gasteiger partial charge in [0.05, 0.1) is 59.5 Å². The number of aliphatic hydroxyl groups is 1. The number of aliphatic hydroxyl groups excluding tert-OH is 1. The minimum atomic E-state index is -1.34. The van der Waals surface area contributed by atoms with Crippen molar-refractivity contribution >= 4 is 5.91 Å². The number of benzene rings is 7. The first-order valence-electron chi connectivity index (χ1n) is 33.4. The Hall–Kier alpha value is -6.59. The number of unbranched alkanes of at least 4 members (excludes halogenated alkanes) is 5. The van der Waals surface area contributed by atoms with Gasteiger partial charge in [0, 0.05) is 19.1 Å². The zero-order valence-corrected chi connectivity index (χ0v) is 53.8. The van der Waals surface area contributed by atoms with Crippen molar-refractivity contribution in [2.45, 2.75) is 190 Å². The van der Waals surface area contributed by atoms with E-state index in [0.717, 1.165) is 71.0 Å². The van der Waals surface area contributed by atoms with Gasteiger partial charge >= 0.3 is 0 Å². The second kappa shape index (κ2) is 36.5. The number of rotatable bonds is 34. The highest BCUT2D eigenvalue weighted by atomic mass is 16.8. The number of ether oxygens (including phenoxy) is 14. The van der Waals surface area contributed by atoms with Gasteiger partial charge in [-0.2, -0.15) is 0 Å².